The van der Waals surface area contributed by atoms with E-state index in [1.807, 2.05) is 12.1 Å². The van der Waals surface area contributed by atoms with Crippen LogP contribution in [0, 0.1) is 0 Å². The summed E-state index contributed by atoms with van der Waals surface area (Å²) in [5.74, 6) is -10.4. The number of para-hydroxylation sites is 2. The van der Waals surface area contributed by atoms with Crippen LogP contribution < -0.4 is 65.1 Å². The SMILES string of the molecule is NCCCC[C@H](NC(=O)[C@H](Cc1c[nH]c2ccccc12)NC(=O)[C@H](Cc1cnc[nH]1)NC(=O)[C@@H]1NCCC1=O)C(=O)N[C@@H](Cc1cnc[nH]1)C(=O)N[C@@H](CC(=O)O)C(=O)N[C@@H](Cc1c[nH]c2ccccc12)C(=O)N[C@@H](CCCCN)C(=O)N1CCC[C@@H]1C(=O)NCC(N)=O. The molecular weight excluding hydrogens is 1220 g/mol. The number of carboxylic acids is 1. The van der Waals surface area contributed by atoms with Gasteiger partial charge in [0.25, 0.3) is 0 Å². The molecule has 32 heteroatoms. The average molecular weight is 1300 g/mol. The number of hydrogen-bond donors (Lipinski definition) is 17. The zero-order valence-corrected chi connectivity index (χ0v) is 51.6. The van der Waals surface area contributed by atoms with E-state index < -0.39 is 132 Å². The number of likely N-dealkylation sites (tertiary alicyclic amines) is 1. The molecule has 4 aromatic heterocycles. The van der Waals surface area contributed by atoms with Crippen LogP contribution in [-0.4, -0.2) is 198 Å². The number of aromatic amines is 4. The zero-order chi connectivity index (χ0) is 67.3. The predicted octanol–water partition coefficient (Wildman–Crippen LogP) is -2.98. The standard InChI is InChI=1S/C62H81N19O13/c63-18-7-5-14-42(74-55(87)44(22-34-27-69-40-12-3-1-10-38(34)40)76-58(90)47(25-37-30-67-33-73-37)80-61(93)53-50(82)17-20-68-53)54(86)78-46(24-36-29-66-32-72-36)57(89)79-48(26-52(84)85)59(91)77-45(23-35-28-70-41-13-4-2-11-39(35)41)56(88)75-43(15-6-8-19-64)62(94)81-21-9-16-49(81)60(92)71-31-51(65)83/h1-4,10-13,27-30,32-33,42-49,53,68-70H,5-9,14-26,31,63-64H2,(H2,65,83)(H,66,72)(H,67,73)(H,71,92)(H,74,87)(H,75,88)(H,76,90)(H,77,91)(H,78,86)(H,79,89)(H,80,93)(H,84,85)/t42-,43-,44-,45-,46-,47-,48-,49+,53+/m0/s1. The Bertz CT molecular complexity index is 3650. The van der Waals surface area contributed by atoms with E-state index in [9.17, 15) is 62.6 Å². The number of aromatic nitrogens is 6. The Morgan fingerprint density at radius 1 is 0.574 bits per heavy atom. The van der Waals surface area contributed by atoms with Crippen molar-refractivity contribution in [3.8, 4) is 0 Å². The first-order valence-corrected chi connectivity index (χ1v) is 31.2. The highest BCUT2D eigenvalue weighted by atomic mass is 16.4. The molecule has 0 spiro atoms. The minimum Gasteiger partial charge on any atom is -0.481 e. The largest absolute Gasteiger partial charge is 0.481 e. The van der Waals surface area contributed by atoms with Gasteiger partial charge >= 0.3 is 5.97 Å². The molecule has 9 atom stereocenters. The van der Waals surface area contributed by atoms with Gasteiger partial charge in [-0.15, -0.1) is 0 Å². The van der Waals surface area contributed by atoms with Crippen LogP contribution in [0.3, 0.4) is 0 Å². The van der Waals surface area contributed by atoms with Crippen molar-refractivity contribution in [2.45, 2.75) is 144 Å². The number of carbonyl (C=O) groups is 12. The second-order valence-corrected chi connectivity index (χ2v) is 23.3. The molecule has 2 aromatic carbocycles. The Balaban J connectivity index is 1.04. The lowest BCUT2D eigenvalue weighted by atomic mass is 10.0. The number of nitrogens with two attached hydrogens (primary N) is 3. The van der Waals surface area contributed by atoms with Gasteiger partial charge in [0.15, 0.2) is 5.78 Å². The molecule has 0 bridgehead atoms. The number of Topliss-reactive ketones (excluding diaryl/α,β-unsaturated/α-hetero) is 1. The maximum atomic E-state index is 14.9. The highest BCUT2D eigenvalue weighted by molar-refractivity contribution is 6.08. The van der Waals surface area contributed by atoms with E-state index in [0.29, 0.717) is 70.0 Å². The molecular formula is C62H81N19O13. The number of H-pyrrole nitrogens is 4. The van der Waals surface area contributed by atoms with E-state index in [1.165, 1.54) is 29.9 Å². The van der Waals surface area contributed by atoms with Gasteiger partial charge in [0, 0.05) is 103 Å². The number of hydrogen-bond acceptors (Lipinski definition) is 17. The zero-order valence-electron chi connectivity index (χ0n) is 51.6. The molecule has 6 aromatic rings. The summed E-state index contributed by atoms with van der Waals surface area (Å²) in [6, 6.07) is 1.49. The minimum absolute atomic E-state index is 0.0561. The van der Waals surface area contributed by atoms with Gasteiger partial charge in [0.2, 0.25) is 59.1 Å². The van der Waals surface area contributed by atoms with Gasteiger partial charge in [-0.05, 0) is 87.7 Å². The molecule has 6 heterocycles. The van der Waals surface area contributed by atoms with E-state index in [0.717, 1.165) is 0 Å². The van der Waals surface area contributed by atoms with E-state index in [2.05, 4.69) is 77.8 Å². The number of benzene rings is 2. The van der Waals surface area contributed by atoms with Crippen LogP contribution in [-0.2, 0) is 83.2 Å². The first-order chi connectivity index (χ1) is 45.3. The van der Waals surface area contributed by atoms with Crippen LogP contribution in [0.25, 0.3) is 21.8 Å². The number of nitrogens with zero attached hydrogens (tertiary/aromatic N) is 3. The lowest BCUT2D eigenvalue weighted by molar-refractivity contribution is -0.143. The normalized spacial score (nSPS) is 16.8. The summed E-state index contributed by atoms with van der Waals surface area (Å²) < 4.78 is 0. The lowest BCUT2D eigenvalue weighted by Gasteiger charge is -2.30. The molecule has 32 nitrogen and oxygen atoms in total. The maximum absolute atomic E-state index is 14.9. The minimum atomic E-state index is -1.93. The van der Waals surface area contributed by atoms with E-state index in [-0.39, 0.29) is 89.7 Å². The van der Waals surface area contributed by atoms with Crippen molar-refractivity contribution in [2.75, 3.05) is 32.7 Å². The number of imidazole rings is 2. The lowest BCUT2D eigenvalue weighted by Crippen LogP contribution is -2.61. The maximum Gasteiger partial charge on any atom is 0.305 e. The number of primary amides is 1. The summed E-state index contributed by atoms with van der Waals surface area (Å²) in [7, 11) is 0. The Kier molecular flexibility index (Phi) is 25.0. The molecule has 0 aliphatic carbocycles. The van der Waals surface area contributed by atoms with Crippen molar-refractivity contribution < 1.29 is 62.6 Å². The fourth-order valence-electron chi connectivity index (χ4n) is 11.5. The van der Waals surface area contributed by atoms with Gasteiger partial charge in [-0.1, -0.05) is 36.4 Å². The highest BCUT2D eigenvalue weighted by Crippen LogP contribution is 2.24. The monoisotopic (exact) mass is 1300 g/mol. The highest BCUT2D eigenvalue weighted by Gasteiger charge is 2.41. The fourth-order valence-corrected chi connectivity index (χ4v) is 11.5. The molecule has 2 saturated heterocycles. The Labute approximate surface area is 538 Å². The Morgan fingerprint density at radius 3 is 1.53 bits per heavy atom. The molecule has 2 fully saturated rings. The first kappa shape index (κ1) is 69.5. The van der Waals surface area contributed by atoms with Crippen LogP contribution >= 0.6 is 0 Å². The number of carboxylic acid groups (broad SMARTS) is 1. The molecule has 10 amide bonds. The number of rotatable bonds is 36. The summed E-state index contributed by atoms with van der Waals surface area (Å²) in [5, 5.41) is 35.6. The number of ketones is 1. The molecule has 8 rings (SSSR count). The van der Waals surface area contributed by atoms with Gasteiger partial charge in [0.05, 0.1) is 25.6 Å². The van der Waals surface area contributed by atoms with Gasteiger partial charge in [0.1, 0.15) is 54.4 Å². The Morgan fingerprint density at radius 2 is 1.04 bits per heavy atom. The van der Waals surface area contributed by atoms with Gasteiger partial charge in [-0.2, -0.15) is 0 Å². The molecule has 2 aliphatic rings. The van der Waals surface area contributed by atoms with Gasteiger partial charge < -0.3 is 89.7 Å². The third-order valence-corrected chi connectivity index (χ3v) is 16.4. The molecule has 0 saturated carbocycles. The van der Waals surface area contributed by atoms with Gasteiger partial charge in [-0.25, -0.2) is 9.97 Å². The first-order valence-electron chi connectivity index (χ1n) is 31.2. The fraction of sp³-hybridized carbons (Fsp3) is 0.452. The summed E-state index contributed by atoms with van der Waals surface area (Å²) in [4.78, 5) is 188. The average Bonchev–Trinajstić information content (AvgIpc) is 1.62. The van der Waals surface area contributed by atoms with Crippen molar-refractivity contribution in [3.05, 3.63) is 108 Å². The second-order valence-electron chi connectivity index (χ2n) is 23.3. The number of aliphatic carboxylic acids is 1. The Hall–Kier alpha value is -10.3. The van der Waals surface area contributed by atoms with Crippen molar-refractivity contribution in [1.29, 1.82) is 0 Å². The quantitative estimate of drug-likeness (QED) is 0.0138. The third kappa shape index (κ3) is 19.1. The molecule has 0 unspecified atom stereocenters. The molecule has 94 heavy (non-hydrogen) atoms. The van der Waals surface area contributed by atoms with E-state index in [1.54, 1.807) is 48.8 Å². The topological polar surface area (TPSA) is 504 Å². The van der Waals surface area contributed by atoms with Crippen LogP contribution in [0.2, 0.25) is 0 Å². The van der Waals surface area contributed by atoms with Crippen LogP contribution in [0.4, 0.5) is 0 Å². The summed E-state index contributed by atoms with van der Waals surface area (Å²) in [5.41, 5.74) is 20.2. The van der Waals surface area contributed by atoms with Crippen LogP contribution in [0.5, 0.6) is 0 Å². The predicted molar refractivity (Wildman–Crippen MR) is 339 cm³/mol. The van der Waals surface area contributed by atoms with E-state index >= 15 is 0 Å². The van der Waals surface area contributed by atoms with Crippen molar-refractivity contribution in [3.63, 3.8) is 0 Å². The van der Waals surface area contributed by atoms with Crippen LogP contribution in [0.1, 0.15) is 86.7 Å². The molecule has 0 radical (unpaired) electrons. The third-order valence-electron chi connectivity index (χ3n) is 16.4. The van der Waals surface area contributed by atoms with Gasteiger partial charge in [-0.3, -0.25) is 62.9 Å². The van der Waals surface area contributed by atoms with Crippen LogP contribution in [0.15, 0.2) is 86.0 Å². The van der Waals surface area contributed by atoms with Crippen molar-refractivity contribution in [1.82, 2.24) is 82.7 Å². The second kappa shape index (κ2) is 33.8. The summed E-state index contributed by atoms with van der Waals surface area (Å²) in [6.07, 6.45) is 9.13. The van der Waals surface area contributed by atoms with E-state index in [4.69, 9.17) is 17.2 Å². The number of carbonyl (C=O) groups excluding carboxylic acids is 11. The molecule has 20 N–H and O–H groups in total. The number of unbranched alkanes of at least 4 members (excludes halogenated alkanes) is 2. The number of amides is 10. The summed E-state index contributed by atoms with van der Waals surface area (Å²) in [6.45, 7) is 0.385. The number of nitrogens with one attached hydrogen (secondary N) is 13. The smallest absolute Gasteiger partial charge is 0.305 e. The van der Waals surface area contributed by atoms with Crippen molar-refractivity contribution in [2.24, 2.45) is 17.2 Å². The molecule has 2 aliphatic heterocycles. The number of fused-ring (bicyclic) bond motifs is 2. The molecule has 502 valence electrons. The van der Waals surface area contributed by atoms with Crippen molar-refractivity contribution >= 4 is 92.6 Å². The summed E-state index contributed by atoms with van der Waals surface area (Å²) >= 11 is 0.